The van der Waals surface area contributed by atoms with Crippen molar-refractivity contribution in [3.05, 3.63) is 47.7 Å². The topological polar surface area (TPSA) is 29.4 Å². The van der Waals surface area contributed by atoms with Crippen LogP contribution in [0.25, 0.3) is 0 Å². The van der Waals surface area contributed by atoms with Gasteiger partial charge in [0.25, 0.3) is 0 Å². The number of hydrogen-bond donors (Lipinski definition) is 0. The standard InChI is InChI=1S/C15H17NO/c1-15(2)10-13(16-11-15)14(17)9-8-12-6-4-3-5-7-12/h3-7,10-11H,8-9H2,1-2H3. The Balaban J connectivity index is 1.94. The zero-order chi connectivity index (χ0) is 12.3. The van der Waals surface area contributed by atoms with Crippen molar-refractivity contribution in [1.29, 1.82) is 0 Å². The third-order valence-corrected chi connectivity index (χ3v) is 2.81. The molecule has 0 atom stereocenters. The summed E-state index contributed by atoms with van der Waals surface area (Å²) in [4.78, 5) is 16.1. The van der Waals surface area contributed by atoms with Gasteiger partial charge in [-0.15, -0.1) is 0 Å². The van der Waals surface area contributed by atoms with Crippen LogP contribution in [-0.4, -0.2) is 12.0 Å². The van der Waals surface area contributed by atoms with Crippen LogP contribution in [0.1, 0.15) is 25.8 Å². The lowest BCUT2D eigenvalue weighted by atomic mass is 9.95. The normalized spacial score (nSPS) is 16.9. The van der Waals surface area contributed by atoms with Gasteiger partial charge in [0.2, 0.25) is 0 Å². The van der Waals surface area contributed by atoms with Crippen molar-refractivity contribution in [3.8, 4) is 0 Å². The monoisotopic (exact) mass is 227 g/mol. The fourth-order valence-corrected chi connectivity index (χ4v) is 1.85. The SMILES string of the molecule is CC1(C)C=NC(C(=O)CCc2ccccc2)=C1. The number of benzene rings is 1. The zero-order valence-corrected chi connectivity index (χ0v) is 10.3. The molecule has 0 bridgehead atoms. The Hall–Kier alpha value is -1.70. The highest BCUT2D eigenvalue weighted by atomic mass is 16.1. The summed E-state index contributed by atoms with van der Waals surface area (Å²) in [7, 11) is 0. The molecule has 1 aromatic rings. The first-order valence-corrected chi connectivity index (χ1v) is 5.92. The summed E-state index contributed by atoms with van der Waals surface area (Å²) >= 11 is 0. The molecule has 2 rings (SSSR count). The van der Waals surface area contributed by atoms with E-state index in [9.17, 15) is 4.79 Å². The third-order valence-electron chi connectivity index (χ3n) is 2.81. The van der Waals surface area contributed by atoms with Crippen molar-refractivity contribution in [3.63, 3.8) is 0 Å². The summed E-state index contributed by atoms with van der Waals surface area (Å²) in [6.07, 6.45) is 5.10. The van der Waals surface area contributed by atoms with Crippen LogP contribution >= 0.6 is 0 Å². The molecule has 1 aromatic carbocycles. The molecule has 1 heterocycles. The van der Waals surface area contributed by atoms with Gasteiger partial charge in [-0.3, -0.25) is 9.79 Å². The number of carbonyl (C=O) groups is 1. The van der Waals surface area contributed by atoms with Crippen molar-refractivity contribution in [2.75, 3.05) is 0 Å². The molecule has 0 aromatic heterocycles. The molecule has 0 radical (unpaired) electrons. The quantitative estimate of drug-likeness (QED) is 0.776. The van der Waals surface area contributed by atoms with Gasteiger partial charge in [0.15, 0.2) is 5.78 Å². The first-order chi connectivity index (χ1) is 8.07. The van der Waals surface area contributed by atoms with E-state index in [2.05, 4.69) is 4.99 Å². The van der Waals surface area contributed by atoms with E-state index in [0.717, 1.165) is 6.42 Å². The van der Waals surface area contributed by atoms with Crippen LogP contribution < -0.4 is 0 Å². The van der Waals surface area contributed by atoms with Gasteiger partial charge in [-0.2, -0.15) is 0 Å². The Bertz CT molecular complexity index is 469. The molecular weight excluding hydrogens is 210 g/mol. The molecule has 0 amide bonds. The number of nitrogens with zero attached hydrogens (tertiary/aromatic N) is 1. The molecule has 0 spiro atoms. The van der Waals surface area contributed by atoms with E-state index in [-0.39, 0.29) is 11.2 Å². The first kappa shape index (κ1) is 11.8. The highest BCUT2D eigenvalue weighted by Crippen LogP contribution is 2.24. The molecule has 0 unspecified atom stereocenters. The molecule has 88 valence electrons. The molecule has 0 aliphatic carbocycles. The number of hydrogen-bond acceptors (Lipinski definition) is 2. The first-order valence-electron chi connectivity index (χ1n) is 5.92. The summed E-state index contributed by atoms with van der Waals surface area (Å²) in [6.45, 7) is 4.10. The smallest absolute Gasteiger partial charge is 0.181 e. The van der Waals surface area contributed by atoms with Gasteiger partial charge in [-0.05, 0) is 18.1 Å². The summed E-state index contributed by atoms with van der Waals surface area (Å²) in [5.74, 6) is 0.135. The third kappa shape index (κ3) is 3.13. The lowest BCUT2D eigenvalue weighted by molar-refractivity contribution is -0.115. The highest BCUT2D eigenvalue weighted by molar-refractivity contribution is 5.99. The van der Waals surface area contributed by atoms with Gasteiger partial charge in [0.05, 0.1) is 0 Å². The predicted octanol–water partition coefficient (Wildman–Crippen LogP) is 3.18. The predicted molar refractivity (Wildman–Crippen MR) is 70.1 cm³/mol. The molecule has 2 heteroatoms. The van der Waals surface area contributed by atoms with Crippen molar-refractivity contribution in [2.24, 2.45) is 10.4 Å². The maximum Gasteiger partial charge on any atom is 0.181 e. The number of aliphatic imine (C=N–C) groups is 1. The van der Waals surface area contributed by atoms with Gasteiger partial charge >= 0.3 is 0 Å². The van der Waals surface area contributed by atoms with Crippen LogP contribution in [0.2, 0.25) is 0 Å². The number of Topliss-reactive ketones (excluding diaryl/α,β-unsaturated/α-hetero) is 1. The molecule has 2 nitrogen and oxygen atoms in total. The number of carbonyl (C=O) groups excluding carboxylic acids is 1. The second kappa shape index (κ2) is 4.66. The number of aryl methyl sites for hydroxylation is 1. The number of rotatable bonds is 4. The molecule has 17 heavy (non-hydrogen) atoms. The van der Waals surface area contributed by atoms with E-state index >= 15 is 0 Å². The maximum atomic E-state index is 11.9. The Kier molecular flexibility index (Phi) is 3.23. The second-order valence-corrected chi connectivity index (χ2v) is 5.02. The van der Waals surface area contributed by atoms with Crippen LogP contribution in [-0.2, 0) is 11.2 Å². The van der Waals surface area contributed by atoms with Gasteiger partial charge < -0.3 is 0 Å². The average molecular weight is 227 g/mol. The van der Waals surface area contributed by atoms with Gasteiger partial charge in [0, 0.05) is 18.1 Å². The van der Waals surface area contributed by atoms with Crippen molar-refractivity contribution >= 4 is 12.0 Å². The van der Waals surface area contributed by atoms with Crippen LogP contribution in [0.5, 0.6) is 0 Å². The molecule has 1 aliphatic rings. The minimum absolute atomic E-state index is 0.0717. The van der Waals surface area contributed by atoms with Gasteiger partial charge in [-0.25, -0.2) is 0 Å². The minimum atomic E-state index is -0.0717. The second-order valence-electron chi connectivity index (χ2n) is 5.02. The van der Waals surface area contributed by atoms with Crippen LogP contribution in [0.3, 0.4) is 0 Å². The summed E-state index contributed by atoms with van der Waals surface area (Å²) in [5, 5.41) is 0. The fourth-order valence-electron chi connectivity index (χ4n) is 1.85. The highest BCUT2D eigenvalue weighted by Gasteiger charge is 2.21. The zero-order valence-electron chi connectivity index (χ0n) is 10.3. The Morgan fingerprint density at radius 1 is 1.24 bits per heavy atom. The number of ketones is 1. The summed E-state index contributed by atoms with van der Waals surface area (Å²) < 4.78 is 0. The molecular formula is C15H17NO. The van der Waals surface area contributed by atoms with E-state index in [1.165, 1.54) is 5.56 Å². The molecule has 0 saturated heterocycles. The average Bonchev–Trinajstić information content (AvgIpc) is 2.68. The van der Waals surface area contributed by atoms with E-state index in [4.69, 9.17) is 0 Å². The Morgan fingerprint density at radius 3 is 2.53 bits per heavy atom. The number of allylic oxidation sites excluding steroid dienone is 2. The van der Waals surface area contributed by atoms with E-state index in [0.29, 0.717) is 12.1 Å². The molecule has 0 saturated carbocycles. The van der Waals surface area contributed by atoms with Crippen molar-refractivity contribution < 1.29 is 4.79 Å². The van der Waals surface area contributed by atoms with Gasteiger partial charge in [-0.1, -0.05) is 44.2 Å². The fraction of sp³-hybridized carbons (Fsp3) is 0.333. The molecule has 0 fully saturated rings. The largest absolute Gasteiger partial charge is 0.292 e. The minimum Gasteiger partial charge on any atom is -0.292 e. The van der Waals surface area contributed by atoms with E-state index < -0.39 is 0 Å². The van der Waals surface area contributed by atoms with Crippen LogP contribution in [0.15, 0.2) is 47.1 Å². The Labute approximate surface area is 102 Å². The summed E-state index contributed by atoms with van der Waals surface area (Å²) in [6, 6.07) is 10.1. The molecule has 0 N–H and O–H groups in total. The molecule has 1 aliphatic heterocycles. The summed E-state index contributed by atoms with van der Waals surface area (Å²) in [5.41, 5.74) is 1.74. The van der Waals surface area contributed by atoms with E-state index in [1.54, 1.807) is 0 Å². The van der Waals surface area contributed by atoms with Crippen molar-refractivity contribution in [2.45, 2.75) is 26.7 Å². The lowest BCUT2D eigenvalue weighted by Crippen LogP contribution is -2.06. The van der Waals surface area contributed by atoms with Crippen molar-refractivity contribution in [1.82, 2.24) is 0 Å². The van der Waals surface area contributed by atoms with E-state index in [1.807, 2.05) is 56.5 Å². The maximum absolute atomic E-state index is 11.9. The van der Waals surface area contributed by atoms with Crippen LogP contribution in [0.4, 0.5) is 0 Å². The lowest BCUT2D eigenvalue weighted by Gasteiger charge is -2.06. The van der Waals surface area contributed by atoms with Gasteiger partial charge in [0.1, 0.15) is 5.70 Å². The Morgan fingerprint density at radius 2 is 1.94 bits per heavy atom. The van der Waals surface area contributed by atoms with Crippen LogP contribution in [0, 0.1) is 5.41 Å².